The molecule has 0 N–H and O–H groups in total. The van der Waals surface area contributed by atoms with E-state index in [1.807, 2.05) is 31.2 Å². The van der Waals surface area contributed by atoms with Gasteiger partial charge in [-0.05, 0) is 24.3 Å². The van der Waals surface area contributed by atoms with E-state index in [0.717, 1.165) is 10.0 Å². The molecule has 2 rings (SSSR count). The van der Waals surface area contributed by atoms with Crippen LogP contribution in [0.1, 0.15) is 19.2 Å². The first-order valence-electron chi connectivity index (χ1n) is 5.29. The van der Waals surface area contributed by atoms with Crippen LogP contribution < -0.4 is 0 Å². The molecule has 0 bridgehead atoms. The molecular formula is C12H11BrN2O2. The molecule has 0 aliphatic heterocycles. The van der Waals surface area contributed by atoms with E-state index in [4.69, 9.17) is 4.52 Å². The summed E-state index contributed by atoms with van der Waals surface area (Å²) in [7, 11) is 0. The third kappa shape index (κ3) is 3.00. The number of carbonyl (C=O) groups excluding carboxylic acids is 1. The molecule has 0 atom stereocenters. The third-order valence-electron chi connectivity index (χ3n) is 2.31. The monoisotopic (exact) mass is 294 g/mol. The highest BCUT2D eigenvalue weighted by Gasteiger charge is 2.11. The molecule has 0 saturated carbocycles. The molecule has 0 unspecified atom stereocenters. The Morgan fingerprint density at radius 3 is 2.71 bits per heavy atom. The van der Waals surface area contributed by atoms with Crippen molar-refractivity contribution in [3.05, 3.63) is 34.6 Å². The zero-order valence-corrected chi connectivity index (χ0v) is 10.9. The number of halogens is 1. The largest absolute Gasteiger partial charge is 0.339 e. The number of ketones is 1. The highest BCUT2D eigenvalue weighted by atomic mass is 79.9. The smallest absolute Gasteiger partial charge is 0.234 e. The maximum atomic E-state index is 11.2. The first kappa shape index (κ1) is 12.0. The van der Waals surface area contributed by atoms with E-state index in [1.54, 1.807) is 0 Å². The minimum atomic E-state index is 0.0935. The number of carbonyl (C=O) groups is 1. The Hall–Kier alpha value is -1.49. The maximum absolute atomic E-state index is 11.2. The van der Waals surface area contributed by atoms with E-state index in [0.29, 0.717) is 18.1 Å². The van der Waals surface area contributed by atoms with Gasteiger partial charge in [-0.2, -0.15) is 4.98 Å². The second kappa shape index (κ2) is 5.23. The molecule has 1 heterocycles. The average Bonchev–Trinajstić information content (AvgIpc) is 2.78. The van der Waals surface area contributed by atoms with Crippen LogP contribution in [-0.4, -0.2) is 15.9 Å². The second-order valence-corrected chi connectivity index (χ2v) is 4.50. The minimum absolute atomic E-state index is 0.0935. The van der Waals surface area contributed by atoms with E-state index in [1.165, 1.54) is 0 Å². The first-order valence-corrected chi connectivity index (χ1v) is 6.08. The Balaban J connectivity index is 2.18. The lowest BCUT2D eigenvalue weighted by atomic mass is 10.2. The standard InChI is InChI=1S/C12H11BrN2O2/c1-2-10(16)7-11-14-12(15-17-11)8-3-5-9(13)6-4-8/h3-6H,2,7H2,1H3. The topological polar surface area (TPSA) is 56.0 Å². The molecule has 17 heavy (non-hydrogen) atoms. The van der Waals surface area contributed by atoms with Gasteiger partial charge in [0.25, 0.3) is 0 Å². The molecule has 0 saturated heterocycles. The molecular weight excluding hydrogens is 284 g/mol. The summed E-state index contributed by atoms with van der Waals surface area (Å²) in [6, 6.07) is 7.59. The predicted molar refractivity (Wildman–Crippen MR) is 66.4 cm³/mol. The molecule has 1 aromatic carbocycles. The van der Waals surface area contributed by atoms with E-state index in [-0.39, 0.29) is 12.2 Å². The number of rotatable bonds is 4. The van der Waals surface area contributed by atoms with Crippen LogP contribution in [0.15, 0.2) is 33.3 Å². The number of Topliss-reactive ketones (excluding diaryl/α,β-unsaturated/α-hetero) is 1. The van der Waals surface area contributed by atoms with Crippen molar-refractivity contribution < 1.29 is 9.32 Å². The fraction of sp³-hybridized carbons (Fsp3) is 0.250. The SMILES string of the molecule is CCC(=O)Cc1nc(-c2ccc(Br)cc2)no1. The van der Waals surface area contributed by atoms with Gasteiger partial charge in [0.15, 0.2) is 0 Å². The lowest BCUT2D eigenvalue weighted by Crippen LogP contribution is -2.00. The second-order valence-electron chi connectivity index (χ2n) is 3.59. The van der Waals surface area contributed by atoms with Gasteiger partial charge in [0.05, 0.1) is 6.42 Å². The summed E-state index contributed by atoms with van der Waals surface area (Å²) in [6.07, 6.45) is 0.691. The molecule has 2 aromatic rings. The van der Waals surface area contributed by atoms with Crippen molar-refractivity contribution >= 4 is 21.7 Å². The maximum Gasteiger partial charge on any atom is 0.234 e. The third-order valence-corrected chi connectivity index (χ3v) is 2.84. The van der Waals surface area contributed by atoms with Gasteiger partial charge in [-0.3, -0.25) is 4.79 Å². The highest BCUT2D eigenvalue weighted by Crippen LogP contribution is 2.19. The van der Waals surface area contributed by atoms with Crippen molar-refractivity contribution in [2.75, 3.05) is 0 Å². The summed E-state index contributed by atoms with van der Waals surface area (Å²) in [5.41, 5.74) is 0.868. The van der Waals surface area contributed by atoms with Crippen LogP contribution in [-0.2, 0) is 11.2 Å². The summed E-state index contributed by atoms with van der Waals surface area (Å²) in [6.45, 7) is 1.81. The van der Waals surface area contributed by atoms with Gasteiger partial charge in [-0.15, -0.1) is 0 Å². The van der Waals surface area contributed by atoms with E-state index < -0.39 is 0 Å². The van der Waals surface area contributed by atoms with Crippen LogP contribution in [0, 0.1) is 0 Å². The molecule has 0 spiro atoms. The van der Waals surface area contributed by atoms with Gasteiger partial charge in [0, 0.05) is 16.5 Å². The molecule has 0 radical (unpaired) electrons. The van der Waals surface area contributed by atoms with Gasteiger partial charge in [-0.25, -0.2) is 0 Å². The Morgan fingerprint density at radius 2 is 2.06 bits per heavy atom. The molecule has 4 nitrogen and oxygen atoms in total. The summed E-state index contributed by atoms with van der Waals surface area (Å²) in [5.74, 6) is 0.974. The summed E-state index contributed by atoms with van der Waals surface area (Å²) >= 11 is 3.36. The van der Waals surface area contributed by atoms with E-state index in [9.17, 15) is 4.79 Å². The van der Waals surface area contributed by atoms with Gasteiger partial charge in [-0.1, -0.05) is 28.0 Å². The molecule has 0 aliphatic rings. The van der Waals surface area contributed by atoms with Crippen LogP contribution in [0.3, 0.4) is 0 Å². The molecule has 5 heteroatoms. The Labute approximate surface area is 107 Å². The number of nitrogens with zero attached hydrogens (tertiary/aromatic N) is 2. The van der Waals surface area contributed by atoms with Crippen molar-refractivity contribution in [3.8, 4) is 11.4 Å². The fourth-order valence-corrected chi connectivity index (χ4v) is 1.60. The number of aromatic nitrogens is 2. The molecule has 0 fully saturated rings. The quantitative estimate of drug-likeness (QED) is 0.870. The highest BCUT2D eigenvalue weighted by molar-refractivity contribution is 9.10. The molecule has 0 aliphatic carbocycles. The zero-order valence-electron chi connectivity index (χ0n) is 9.31. The van der Waals surface area contributed by atoms with Crippen LogP contribution in [0.5, 0.6) is 0 Å². The lowest BCUT2D eigenvalue weighted by Gasteiger charge is -1.93. The van der Waals surface area contributed by atoms with Crippen LogP contribution in [0.4, 0.5) is 0 Å². The fourth-order valence-electron chi connectivity index (χ4n) is 1.34. The normalized spacial score (nSPS) is 10.5. The van der Waals surface area contributed by atoms with Crippen LogP contribution in [0.25, 0.3) is 11.4 Å². The van der Waals surface area contributed by atoms with E-state index in [2.05, 4.69) is 26.1 Å². The average molecular weight is 295 g/mol. The van der Waals surface area contributed by atoms with Crippen molar-refractivity contribution in [3.63, 3.8) is 0 Å². The Bertz CT molecular complexity index is 520. The lowest BCUT2D eigenvalue weighted by molar-refractivity contribution is -0.118. The zero-order chi connectivity index (χ0) is 12.3. The first-order chi connectivity index (χ1) is 8.19. The summed E-state index contributed by atoms with van der Waals surface area (Å²) in [4.78, 5) is 15.4. The Morgan fingerprint density at radius 1 is 1.35 bits per heavy atom. The molecule has 88 valence electrons. The van der Waals surface area contributed by atoms with E-state index >= 15 is 0 Å². The number of hydrogen-bond donors (Lipinski definition) is 0. The van der Waals surface area contributed by atoms with Crippen molar-refractivity contribution in [1.29, 1.82) is 0 Å². The van der Waals surface area contributed by atoms with Crippen LogP contribution in [0.2, 0.25) is 0 Å². The van der Waals surface area contributed by atoms with Gasteiger partial charge >= 0.3 is 0 Å². The van der Waals surface area contributed by atoms with Gasteiger partial charge in [0.2, 0.25) is 11.7 Å². The predicted octanol–water partition coefficient (Wildman–Crippen LogP) is 3.02. The molecule has 0 amide bonds. The number of hydrogen-bond acceptors (Lipinski definition) is 4. The summed E-state index contributed by atoms with van der Waals surface area (Å²) < 4.78 is 6.02. The Kier molecular flexibility index (Phi) is 3.68. The van der Waals surface area contributed by atoms with Crippen molar-refractivity contribution in [2.24, 2.45) is 0 Å². The van der Waals surface area contributed by atoms with Gasteiger partial charge < -0.3 is 4.52 Å². The minimum Gasteiger partial charge on any atom is -0.339 e. The van der Waals surface area contributed by atoms with Crippen molar-refractivity contribution in [1.82, 2.24) is 10.1 Å². The summed E-state index contributed by atoms with van der Waals surface area (Å²) in [5, 5.41) is 3.85. The van der Waals surface area contributed by atoms with Crippen molar-refractivity contribution in [2.45, 2.75) is 19.8 Å². The number of benzene rings is 1. The van der Waals surface area contributed by atoms with Gasteiger partial charge in [0.1, 0.15) is 5.78 Å². The molecule has 1 aromatic heterocycles. The van der Waals surface area contributed by atoms with Crippen LogP contribution >= 0.6 is 15.9 Å².